The van der Waals surface area contributed by atoms with E-state index in [1.807, 2.05) is 17.2 Å². The van der Waals surface area contributed by atoms with Crippen molar-refractivity contribution in [3.05, 3.63) is 20.8 Å². The number of piperidine rings is 1. The smallest absolute Gasteiger partial charge is 0.265 e. The van der Waals surface area contributed by atoms with Gasteiger partial charge in [-0.2, -0.15) is 0 Å². The van der Waals surface area contributed by atoms with Crippen LogP contribution in [0.4, 0.5) is 0 Å². The quantitative estimate of drug-likeness (QED) is 0.722. The van der Waals surface area contributed by atoms with Gasteiger partial charge in [0.05, 0.1) is 5.02 Å². The van der Waals surface area contributed by atoms with Gasteiger partial charge in [-0.1, -0.05) is 27.5 Å². The molecule has 0 aromatic carbocycles. The van der Waals surface area contributed by atoms with Crippen molar-refractivity contribution in [2.45, 2.75) is 24.6 Å². The van der Waals surface area contributed by atoms with Crippen LogP contribution in [0.25, 0.3) is 0 Å². The van der Waals surface area contributed by atoms with Gasteiger partial charge in [-0.15, -0.1) is 11.3 Å². The number of carbonyl (C=O) groups is 1. The van der Waals surface area contributed by atoms with Crippen molar-refractivity contribution in [1.82, 2.24) is 4.90 Å². The number of hydrogen-bond acceptors (Lipinski definition) is 2. The number of alkyl halides is 1. The fraction of sp³-hybridized carbons (Fsp3) is 0.545. The van der Waals surface area contributed by atoms with Crippen LogP contribution in [0.15, 0.2) is 5.38 Å². The average Bonchev–Trinajstić information content (AvgIpc) is 2.59. The predicted molar refractivity (Wildman–Crippen MR) is 71.9 cm³/mol. The third-order valence-electron chi connectivity index (χ3n) is 2.74. The van der Waals surface area contributed by atoms with Gasteiger partial charge in [-0.3, -0.25) is 4.79 Å². The van der Waals surface area contributed by atoms with Crippen molar-refractivity contribution in [1.29, 1.82) is 0 Å². The third-order valence-corrected chi connectivity index (χ3v) is 5.18. The molecule has 0 N–H and O–H groups in total. The second-order valence-corrected chi connectivity index (χ2v) is 6.61. The lowest BCUT2D eigenvalue weighted by atomic mass is 10.1. The Balaban J connectivity index is 2.15. The maximum Gasteiger partial charge on any atom is 0.265 e. The van der Waals surface area contributed by atoms with E-state index in [9.17, 15) is 4.79 Å². The average molecular weight is 323 g/mol. The van der Waals surface area contributed by atoms with Gasteiger partial charge in [0.25, 0.3) is 5.91 Å². The molecular formula is C11H13BrClNOS. The molecular weight excluding hydrogens is 310 g/mol. The molecule has 5 heteroatoms. The van der Waals surface area contributed by atoms with E-state index in [0.717, 1.165) is 31.5 Å². The molecule has 16 heavy (non-hydrogen) atoms. The van der Waals surface area contributed by atoms with E-state index in [0.29, 0.717) is 14.7 Å². The van der Waals surface area contributed by atoms with E-state index < -0.39 is 0 Å². The van der Waals surface area contributed by atoms with Gasteiger partial charge in [0.1, 0.15) is 4.88 Å². The van der Waals surface area contributed by atoms with Gasteiger partial charge in [-0.25, -0.2) is 0 Å². The Morgan fingerprint density at radius 1 is 1.69 bits per heavy atom. The van der Waals surface area contributed by atoms with Crippen molar-refractivity contribution in [2.24, 2.45) is 0 Å². The predicted octanol–water partition coefficient (Wildman–Crippen LogP) is 3.71. The van der Waals surface area contributed by atoms with Crippen LogP contribution in [0.2, 0.25) is 5.02 Å². The highest BCUT2D eigenvalue weighted by molar-refractivity contribution is 9.09. The summed E-state index contributed by atoms with van der Waals surface area (Å²) in [6, 6.07) is 0. The van der Waals surface area contributed by atoms with Crippen molar-refractivity contribution >= 4 is 44.8 Å². The summed E-state index contributed by atoms with van der Waals surface area (Å²) in [5.41, 5.74) is 0.988. The molecule has 1 atom stereocenters. The van der Waals surface area contributed by atoms with Crippen molar-refractivity contribution in [2.75, 3.05) is 13.1 Å². The number of carbonyl (C=O) groups excluding carboxylic acids is 1. The van der Waals surface area contributed by atoms with Crippen LogP contribution in [0.5, 0.6) is 0 Å². The molecule has 1 aliphatic rings. The number of halogens is 2. The van der Waals surface area contributed by atoms with Crippen LogP contribution in [0.1, 0.15) is 28.1 Å². The molecule has 0 spiro atoms. The number of thiophene rings is 1. The van der Waals surface area contributed by atoms with Crippen LogP contribution in [0.3, 0.4) is 0 Å². The highest BCUT2D eigenvalue weighted by Crippen LogP contribution is 2.29. The first-order valence-electron chi connectivity index (χ1n) is 5.26. The van der Waals surface area contributed by atoms with Crippen molar-refractivity contribution in [3.63, 3.8) is 0 Å². The van der Waals surface area contributed by atoms with Gasteiger partial charge in [0.15, 0.2) is 0 Å². The Bertz CT molecular complexity index is 407. The highest BCUT2D eigenvalue weighted by Gasteiger charge is 2.25. The first kappa shape index (κ1) is 12.4. The summed E-state index contributed by atoms with van der Waals surface area (Å²) in [4.78, 5) is 15.2. The highest BCUT2D eigenvalue weighted by atomic mass is 79.9. The molecule has 2 rings (SSSR count). The Kier molecular flexibility index (Phi) is 3.93. The molecule has 0 bridgehead atoms. The maximum absolute atomic E-state index is 12.2. The minimum absolute atomic E-state index is 0.0762. The largest absolute Gasteiger partial charge is 0.337 e. The Hall–Kier alpha value is -0.0600. The van der Waals surface area contributed by atoms with Crippen LogP contribution in [-0.4, -0.2) is 28.7 Å². The standard InChI is InChI=1S/C11H13BrClNOS/c1-7-6-16-10(9(7)13)11(15)14-4-2-3-8(12)5-14/h6,8H,2-5H2,1H3. The first-order chi connectivity index (χ1) is 7.59. The Morgan fingerprint density at radius 3 is 3.00 bits per heavy atom. The lowest BCUT2D eigenvalue weighted by Gasteiger charge is -2.29. The molecule has 1 aromatic rings. The Labute approximate surface area is 113 Å². The summed E-state index contributed by atoms with van der Waals surface area (Å²) in [7, 11) is 0. The summed E-state index contributed by atoms with van der Waals surface area (Å²) in [6.07, 6.45) is 2.20. The molecule has 1 amide bonds. The van der Waals surface area contributed by atoms with E-state index in [1.54, 1.807) is 0 Å². The SMILES string of the molecule is Cc1csc(C(=O)N2CCCC(Br)C2)c1Cl. The molecule has 1 aliphatic heterocycles. The van der Waals surface area contributed by atoms with Gasteiger partial charge >= 0.3 is 0 Å². The zero-order valence-corrected chi connectivity index (χ0v) is 12.2. The monoisotopic (exact) mass is 321 g/mol. The summed E-state index contributed by atoms with van der Waals surface area (Å²) >= 11 is 11.1. The minimum atomic E-state index is 0.0762. The van der Waals surface area contributed by atoms with Gasteiger partial charge in [0, 0.05) is 17.9 Å². The van der Waals surface area contributed by atoms with Crippen LogP contribution >= 0.6 is 38.9 Å². The number of nitrogens with zero attached hydrogens (tertiary/aromatic N) is 1. The molecule has 1 fully saturated rings. The number of aryl methyl sites for hydroxylation is 1. The van der Waals surface area contributed by atoms with E-state index in [2.05, 4.69) is 15.9 Å². The van der Waals surface area contributed by atoms with Crippen molar-refractivity contribution < 1.29 is 4.79 Å². The molecule has 0 saturated carbocycles. The molecule has 0 aliphatic carbocycles. The van der Waals surface area contributed by atoms with Gasteiger partial charge in [-0.05, 0) is 30.7 Å². The van der Waals surface area contributed by atoms with E-state index in [4.69, 9.17) is 11.6 Å². The van der Waals surface area contributed by atoms with Gasteiger partial charge < -0.3 is 4.90 Å². The number of amides is 1. The summed E-state index contributed by atoms with van der Waals surface area (Å²) < 4.78 is 0. The van der Waals surface area contributed by atoms with E-state index in [1.165, 1.54) is 11.3 Å². The number of hydrogen-bond donors (Lipinski definition) is 0. The normalized spacial score (nSPS) is 21.2. The van der Waals surface area contributed by atoms with Crippen LogP contribution in [0, 0.1) is 6.92 Å². The third kappa shape index (κ3) is 2.44. The molecule has 1 saturated heterocycles. The topological polar surface area (TPSA) is 20.3 Å². The van der Waals surface area contributed by atoms with E-state index in [-0.39, 0.29) is 5.91 Å². The first-order valence-corrected chi connectivity index (χ1v) is 7.44. The number of likely N-dealkylation sites (tertiary alicyclic amines) is 1. The van der Waals surface area contributed by atoms with Crippen LogP contribution < -0.4 is 0 Å². The van der Waals surface area contributed by atoms with Crippen LogP contribution in [-0.2, 0) is 0 Å². The Morgan fingerprint density at radius 2 is 2.44 bits per heavy atom. The zero-order chi connectivity index (χ0) is 11.7. The van der Waals surface area contributed by atoms with Crippen molar-refractivity contribution in [3.8, 4) is 0 Å². The second kappa shape index (κ2) is 5.07. The van der Waals surface area contributed by atoms with E-state index >= 15 is 0 Å². The maximum atomic E-state index is 12.2. The van der Waals surface area contributed by atoms with Gasteiger partial charge in [0.2, 0.25) is 0 Å². The lowest BCUT2D eigenvalue weighted by molar-refractivity contribution is 0.0735. The molecule has 1 unspecified atom stereocenters. The summed E-state index contributed by atoms with van der Waals surface area (Å²) in [5.74, 6) is 0.0762. The molecule has 0 radical (unpaired) electrons. The zero-order valence-electron chi connectivity index (χ0n) is 9.00. The summed E-state index contributed by atoms with van der Waals surface area (Å²) in [6.45, 7) is 3.55. The lowest BCUT2D eigenvalue weighted by Crippen LogP contribution is -2.40. The fourth-order valence-corrected chi connectivity index (χ4v) is 3.74. The molecule has 2 heterocycles. The molecule has 88 valence electrons. The number of rotatable bonds is 1. The summed E-state index contributed by atoms with van der Waals surface area (Å²) in [5, 5.41) is 2.55. The molecule has 1 aromatic heterocycles. The molecule has 2 nitrogen and oxygen atoms in total. The second-order valence-electron chi connectivity index (χ2n) is 4.05. The fourth-order valence-electron chi connectivity index (χ4n) is 1.83. The minimum Gasteiger partial charge on any atom is -0.337 e.